The number of carboxylic acids is 1. The van der Waals surface area contributed by atoms with Gasteiger partial charge in [-0.2, -0.15) is 0 Å². The third-order valence-corrected chi connectivity index (χ3v) is 15.4. The zero-order valence-electron chi connectivity index (χ0n) is 34.6. The lowest BCUT2D eigenvalue weighted by Gasteiger charge is -2.57. The number of fused-ring (bicyclic) bond motifs is 7. The number of aldehydes is 1. The lowest BCUT2D eigenvalue weighted by atomic mass is 9.48. The van der Waals surface area contributed by atoms with E-state index in [9.17, 15) is 34.8 Å². The summed E-state index contributed by atoms with van der Waals surface area (Å²) in [5.74, 6) is 0.307. The SMILES string of the molecule is CC1CCC2(OC1)OC1CC3C4CCC5CC(O)CCC5(C)C4=CCC3(C)C1C2C.COc1cc(C)c(C(=O)Oc2cc(C)c(O)c(C(=O)O)c2C)c(O)c1C=O. The number of phenolic OH excluding ortho intramolecular Hbond substituents is 1. The highest BCUT2D eigenvalue weighted by Gasteiger charge is 2.68. The molecule has 0 bridgehead atoms. The van der Waals surface area contributed by atoms with Crippen molar-refractivity contribution in [2.75, 3.05) is 13.7 Å². The summed E-state index contributed by atoms with van der Waals surface area (Å²) in [6, 6.07) is 2.71. The first-order chi connectivity index (χ1) is 26.9. The number of esters is 1. The summed E-state index contributed by atoms with van der Waals surface area (Å²) in [4.78, 5) is 35.2. The minimum atomic E-state index is -1.38. The van der Waals surface area contributed by atoms with Gasteiger partial charge < -0.3 is 39.4 Å². The molecule has 0 amide bonds. The second-order valence-electron chi connectivity index (χ2n) is 18.6. The van der Waals surface area contributed by atoms with Gasteiger partial charge >= 0.3 is 11.9 Å². The molecular formula is C46H60O11. The lowest BCUT2D eigenvalue weighted by molar-refractivity contribution is -0.272. The average molecular weight is 789 g/mol. The molecule has 8 rings (SSSR count). The van der Waals surface area contributed by atoms with Crippen LogP contribution in [-0.2, 0) is 9.47 Å². The molecule has 2 saturated heterocycles. The number of aromatic carboxylic acids is 1. The van der Waals surface area contributed by atoms with Crippen LogP contribution in [0.3, 0.4) is 0 Å². The molecule has 2 heterocycles. The molecule has 11 atom stereocenters. The molecule has 3 saturated carbocycles. The standard InChI is InChI=1S/C27H42O3.C19H18O8/c1-16-7-12-27(29-15-16)17(2)24-23(30-27)14-22-20-6-5-18-13-19(28)8-10-25(18,3)21(20)9-11-26(22,24)4;1-8-5-13(26-4)11(7-20)17(22)14(8)19(25)27-12-6-9(2)16(21)15(10(12)3)18(23)24/h9,16-20,22-24,28H,5-8,10-15H2,1-4H3;5-7,21-22H,1-4H3,(H,23,24). The summed E-state index contributed by atoms with van der Waals surface area (Å²) in [7, 11) is 1.31. The van der Waals surface area contributed by atoms with Crippen molar-refractivity contribution >= 4 is 18.2 Å². The molecule has 310 valence electrons. The summed E-state index contributed by atoms with van der Waals surface area (Å²) in [5, 5.41) is 39.8. The molecule has 6 aliphatic rings. The van der Waals surface area contributed by atoms with Gasteiger partial charge in [0.25, 0.3) is 0 Å². The smallest absolute Gasteiger partial charge is 0.347 e. The molecule has 11 heteroatoms. The number of aliphatic hydroxyl groups is 1. The van der Waals surface area contributed by atoms with Gasteiger partial charge in [-0.15, -0.1) is 0 Å². The third kappa shape index (κ3) is 6.65. The fraction of sp³-hybridized carbons (Fsp3) is 0.630. The summed E-state index contributed by atoms with van der Waals surface area (Å²) in [6.07, 6.45) is 13.9. The predicted octanol–water partition coefficient (Wildman–Crippen LogP) is 8.48. The van der Waals surface area contributed by atoms with Crippen LogP contribution in [-0.4, -0.2) is 70.4 Å². The summed E-state index contributed by atoms with van der Waals surface area (Å²) >= 11 is 0. The number of aliphatic hydroxyl groups excluding tert-OH is 1. The molecule has 4 aliphatic carbocycles. The van der Waals surface area contributed by atoms with Gasteiger partial charge in [-0.25, -0.2) is 9.59 Å². The van der Waals surface area contributed by atoms with Crippen molar-refractivity contribution in [2.24, 2.45) is 46.3 Å². The Hall–Kier alpha value is -3.93. The fourth-order valence-electron chi connectivity index (χ4n) is 12.2. The number of aromatic hydroxyl groups is 2. The van der Waals surface area contributed by atoms with Crippen molar-refractivity contribution in [1.82, 2.24) is 0 Å². The van der Waals surface area contributed by atoms with E-state index < -0.39 is 23.4 Å². The quantitative estimate of drug-likeness (QED) is 0.0993. The first-order valence-electron chi connectivity index (χ1n) is 20.7. The van der Waals surface area contributed by atoms with E-state index >= 15 is 0 Å². The Morgan fingerprint density at radius 3 is 2.30 bits per heavy atom. The average Bonchev–Trinajstić information content (AvgIpc) is 3.61. The Bertz CT molecular complexity index is 1980. The number of carboxylic acid groups (broad SMARTS) is 1. The molecule has 2 aliphatic heterocycles. The first-order valence-corrected chi connectivity index (χ1v) is 20.7. The lowest BCUT2D eigenvalue weighted by Crippen LogP contribution is -2.50. The number of ether oxygens (including phenoxy) is 4. The number of rotatable bonds is 5. The highest BCUT2D eigenvalue weighted by Crippen LogP contribution is 2.70. The van der Waals surface area contributed by atoms with Crippen LogP contribution in [0, 0.1) is 67.1 Å². The zero-order chi connectivity index (χ0) is 41.4. The van der Waals surface area contributed by atoms with Gasteiger partial charge in [0, 0.05) is 17.9 Å². The highest BCUT2D eigenvalue weighted by atomic mass is 16.7. The molecule has 0 radical (unpaired) electrons. The van der Waals surface area contributed by atoms with Gasteiger partial charge in [-0.1, -0.05) is 39.3 Å². The number of hydrogen-bond acceptors (Lipinski definition) is 10. The molecule has 11 unspecified atom stereocenters. The van der Waals surface area contributed by atoms with Crippen LogP contribution in [0.15, 0.2) is 23.8 Å². The van der Waals surface area contributed by atoms with Gasteiger partial charge in [0.05, 0.1) is 31.5 Å². The third-order valence-electron chi connectivity index (χ3n) is 15.4. The van der Waals surface area contributed by atoms with E-state index in [2.05, 4.69) is 33.8 Å². The first kappa shape index (κ1) is 41.2. The maximum absolute atomic E-state index is 12.6. The Morgan fingerprint density at radius 2 is 1.65 bits per heavy atom. The number of carbonyl (C=O) groups is 3. The monoisotopic (exact) mass is 788 g/mol. The molecule has 2 aromatic rings. The van der Waals surface area contributed by atoms with Gasteiger partial charge in [0.15, 0.2) is 12.1 Å². The fourth-order valence-corrected chi connectivity index (χ4v) is 12.2. The van der Waals surface area contributed by atoms with Crippen molar-refractivity contribution in [2.45, 2.75) is 124 Å². The van der Waals surface area contributed by atoms with Gasteiger partial charge in [-0.3, -0.25) is 4.79 Å². The largest absolute Gasteiger partial charge is 0.507 e. The maximum atomic E-state index is 12.6. The molecule has 5 fully saturated rings. The minimum Gasteiger partial charge on any atom is -0.507 e. The van der Waals surface area contributed by atoms with Crippen LogP contribution in [0.5, 0.6) is 23.0 Å². The van der Waals surface area contributed by atoms with Crippen molar-refractivity contribution in [1.29, 1.82) is 0 Å². The van der Waals surface area contributed by atoms with Crippen LogP contribution in [0.25, 0.3) is 0 Å². The molecule has 4 N–H and O–H groups in total. The second-order valence-corrected chi connectivity index (χ2v) is 18.6. The van der Waals surface area contributed by atoms with E-state index in [4.69, 9.17) is 18.9 Å². The number of hydrogen-bond donors (Lipinski definition) is 4. The molecule has 2 aromatic carbocycles. The van der Waals surface area contributed by atoms with E-state index in [0.29, 0.717) is 52.5 Å². The molecule has 57 heavy (non-hydrogen) atoms. The Balaban J connectivity index is 0.000000176. The van der Waals surface area contributed by atoms with Crippen molar-refractivity contribution in [3.05, 3.63) is 57.2 Å². The topological polar surface area (TPSA) is 169 Å². The Labute approximate surface area is 335 Å². The minimum absolute atomic E-state index is 0.0419. The Morgan fingerprint density at radius 1 is 0.930 bits per heavy atom. The van der Waals surface area contributed by atoms with Crippen LogP contribution >= 0.6 is 0 Å². The number of methoxy groups -OCH3 is 1. The summed E-state index contributed by atoms with van der Waals surface area (Å²) in [6.45, 7) is 15.1. The van der Waals surface area contributed by atoms with Crippen LogP contribution in [0.1, 0.15) is 133 Å². The second kappa shape index (κ2) is 15.0. The van der Waals surface area contributed by atoms with E-state index in [1.165, 1.54) is 78.5 Å². The molecule has 0 aromatic heterocycles. The summed E-state index contributed by atoms with van der Waals surface area (Å²) < 4.78 is 23.6. The van der Waals surface area contributed by atoms with E-state index in [1.54, 1.807) is 5.57 Å². The molecule has 11 nitrogen and oxygen atoms in total. The number of benzene rings is 2. The van der Waals surface area contributed by atoms with Crippen LogP contribution < -0.4 is 9.47 Å². The number of carbonyl (C=O) groups excluding carboxylic acids is 2. The van der Waals surface area contributed by atoms with Gasteiger partial charge in [-0.05, 0) is 136 Å². The van der Waals surface area contributed by atoms with Crippen molar-refractivity contribution in [3.8, 4) is 23.0 Å². The van der Waals surface area contributed by atoms with Gasteiger partial charge in [0.1, 0.15) is 34.1 Å². The van der Waals surface area contributed by atoms with Crippen molar-refractivity contribution < 1.29 is 53.8 Å². The maximum Gasteiger partial charge on any atom is 0.347 e. The Kier molecular flexibility index (Phi) is 10.9. The van der Waals surface area contributed by atoms with Crippen molar-refractivity contribution in [3.63, 3.8) is 0 Å². The zero-order valence-corrected chi connectivity index (χ0v) is 34.6. The molecule has 1 spiro atoms. The summed E-state index contributed by atoms with van der Waals surface area (Å²) in [5.41, 5.74) is 2.15. The molecular weight excluding hydrogens is 728 g/mol. The highest BCUT2D eigenvalue weighted by molar-refractivity contribution is 6.00. The van der Waals surface area contributed by atoms with Crippen LogP contribution in [0.4, 0.5) is 0 Å². The normalized spacial score (nSPS) is 36.4. The predicted molar refractivity (Wildman–Crippen MR) is 212 cm³/mol. The van der Waals surface area contributed by atoms with E-state index in [0.717, 1.165) is 37.7 Å². The van der Waals surface area contributed by atoms with Crippen LogP contribution in [0.2, 0.25) is 0 Å². The number of allylic oxidation sites excluding steroid dienone is 2. The van der Waals surface area contributed by atoms with Gasteiger partial charge in [0.2, 0.25) is 0 Å². The van der Waals surface area contributed by atoms with E-state index in [-0.39, 0.29) is 51.2 Å². The van der Waals surface area contributed by atoms with E-state index in [1.807, 2.05) is 0 Å². The number of phenols is 2. The number of aryl methyl sites for hydroxylation is 2.